The molecule has 186 valence electrons. The van der Waals surface area contributed by atoms with Crippen LogP contribution in [0.15, 0.2) is 67.1 Å². The standard InChI is InChI=1S/C25H23F3N6O2/c1-33(2)18-7-10-20-21(12-18)31-15-32-23(20)36-19-8-5-17(6-9-19)34(3)24(35)30-14-16-4-11-22(29-13-16)25(26,27)28/h4-13,15H,14H2,1-3H3,(H,30,35). The Morgan fingerprint density at radius 2 is 1.67 bits per heavy atom. The number of hydrogen-bond acceptors (Lipinski definition) is 6. The Morgan fingerprint density at radius 1 is 0.944 bits per heavy atom. The minimum Gasteiger partial charge on any atom is -0.438 e. The largest absolute Gasteiger partial charge is 0.438 e. The van der Waals surface area contributed by atoms with Crippen LogP contribution in [-0.2, 0) is 12.7 Å². The van der Waals surface area contributed by atoms with Gasteiger partial charge in [-0.15, -0.1) is 0 Å². The zero-order valence-corrected chi connectivity index (χ0v) is 19.7. The topological polar surface area (TPSA) is 83.5 Å². The molecule has 2 heterocycles. The summed E-state index contributed by atoms with van der Waals surface area (Å²) < 4.78 is 43.9. The molecule has 0 fully saturated rings. The van der Waals surface area contributed by atoms with Crippen molar-refractivity contribution in [3.8, 4) is 11.6 Å². The van der Waals surface area contributed by atoms with Crippen molar-refractivity contribution in [1.29, 1.82) is 0 Å². The molecular weight excluding hydrogens is 473 g/mol. The number of halogens is 3. The molecule has 0 atom stereocenters. The molecule has 4 aromatic rings. The van der Waals surface area contributed by atoms with E-state index in [2.05, 4.69) is 20.3 Å². The number of amides is 2. The highest BCUT2D eigenvalue weighted by atomic mass is 19.4. The summed E-state index contributed by atoms with van der Waals surface area (Å²) in [4.78, 5) is 27.8. The van der Waals surface area contributed by atoms with Crippen molar-refractivity contribution in [2.45, 2.75) is 12.7 Å². The number of rotatable bonds is 6. The van der Waals surface area contributed by atoms with Crippen molar-refractivity contribution >= 4 is 28.3 Å². The zero-order chi connectivity index (χ0) is 25.9. The molecule has 0 aliphatic rings. The number of carbonyl (C=O) groups is 1. The van der Waals surface area contributed by atoms with Crippen LogP contribution in [0.25, 0.3) is 10.9 Å². The van der Waals surface area contributed by atoms with E-state index < -0.39 is 17.9 Å². The third kappa shape index (κ3) is 5.62. The third-order valence-electron chi connectivity index (χ3n) is 5.40. The minimum absolute atomic E-state index is 0.0336. The summed E-state index contributed by atoms with van der Waals surface area (Å²) >= 11 is 0. The molecule has 0 bridgehead atoms. The van der Waals surface area contributed by atoms with Crippen LogP contribution in [0.2, 0.25) is 0 Å². The number of ether oxygens (including phenoxy) is 1. The first-order valence-corrected chi connectivity index (χ1v) is 10.9. The van der Waals surface area contributed by atoms with E-state index in [-0.39, 0.29) is 6.54 Å². The summed E-state index contributed by atoms with van der Waals surface area (Å²) in [6.07, 6.45) is -1.97. The normalized spacial score (nSPS) is 11.3. The van der Waals surface area contributed by atoms with Gasteiger partial charge in [-0.1, -0.05) is 6.07 Å². The Kier molecular flexibility index (Phi) is 6.91. The van der Waals surface area contributed by atoms with Gasteiger partial charge in [-0.3, -0.25) is 9.88 Å². The highest BCUT2D eigenvalue weighted by Crippen LogP contribution is 2.30. The maximum atomic E-state index is 12.6. The molecule has 0 saturated heterocycles. The Balaban J connectivity index is 1.39. The second-order valence-electron chi connectivity index (χ2n) is 8.14. The number of nitrogens with zero attached hydrogens (tertiary/aromatic N) is 5. The average molecular weight is 496 g/mol. The predicted molar refractivity (Wildman–Crippen MR) is 130 cm³/mol. The number of urea groups is 1. The maximum Gasteiger partial charge on any atom is 0.433 e. The van der Waals surface area contributed by atoms with Gasteiger partial charge in [-0.2, -0.15) is 13.2 Å². The number of alkyl halides is 3. The number of aromatic nitrogens is 3. The number of pyridine rings is 1. The van der Waals surface area contributed by atoms with Crippen molar-refractivity contribution in [3.63, 3.8) is 0 Å². The van der Waals surface area contributed by atoms with Crippen molar-refractivity contribution in [1.82, 2.24) is 20.3 Å². The molecule has 4 rings (SSSR count). The van der Waals surface area contributed by atoms with E-state index in [1.165, 1.54) is 17.3 Å². The van der Waals surface area contributed by atoms with Gasteiger partial charge in [-0.05, 0) is 54.1 Å². The average Bonchev–Trinajstić information content (AvgIpc) is 2.87. The fourth-order valence-corrected chi connectivity index (χ4v) is 3.34. The van der Waals surface area contributed by atoms with E-state index in [1.54, 1.807) is 31.3 Å². The van der Waals surface area contributed by atoms with Crippen LogP contribution in [0.5, 0.6) is 11.6 Å². The van der Waals surface area contributed by atoms with Gasteiger partial charge < -0.3 is 15.0 Å². The van der Waals surface area contributed by atoms with Gasteiger partial charge >= 0.3 is 12.2 Å². The van der Waals surface area contributed by atoms with Gasteiger partial charge in [0.05, 0.1) is 10.9 Å². The minimum atomic E-state index is -4.51. The van der Waals surface area contributed by atoms with Gasteiger partial charge in [0, 0.05) is 45.3 Å². The summed E-state index contributed by atoms with van der Waals surface area (Å²) in [5.74, 6) is 0.939. The Bertz CT molecular complexity index is 1360. The van der Waals surface area contributed by atoms with Gasteiger partial charge in [-0.25, -0.2) is 14.8 Å². The van der Waals surface area contributed by atoms with Crippen molar-refractivity contribution < 1.29 is 22.7 Å². The first kappa shape index (κ1) is 24.7. The number of hydrogen-bond donors (Lipinski definition) is 1. The quantitative estimate of drug-likeness (QED) is 0.393. The van der Waals surface area contributed by atoms with Crippen LogP contribution in [0.3, 0.4) is 0 Å². The van der Waals surface area contributed by atoms with E-state index in [0.29, 0.717) is 22.9 Å². The van der Waals surface area contributed by atoms with Crippen LogP contribution >= 0.6 is 0 Å². The first-order valence-electron chi connectivity index (χ1n) is 10.9. The summed E-state index contributed by atoms with van der Waals surface area (Å²) in [7, 11) is 5.48. The van der Waals surface area contributed by atoms with Crippen LogP contribution in [0.1, 0.15) is 11.3 Å². The second-order valence-corrected chi connectivity index (χ2v) is 8.14. The SMILES string of the molecule is CN(C)c1ccc2c(Oc3ccc(N(C)C(=O)NCc4ccc(C(F)(F)F)nc4)cc3)ncnc2c1. The van der Waals surface area contributed by atoms with Gasteiger partial charge in [0.25, 0.3) is 0 Å². The fourth-order valence-electron chi connectivity index (χ4n) is 3.34. The lowest BCUT2D eigenvalue weighted by molar-refractivity contribution is -0.141. The number of anilines is 2. The van der Waals surface area contributed by atoms with Gasteiger partial charge in [0.1, 0.15) is 17.8 Å². The molecule has 0 aliphatic heterocycles. The lowest BCUT2D eigenvalue weighted by atomic mass is 10.2. The molecule has 0 radical (unpaired) electrons. The van der Waals surface area contributed by atoms with E-state index in [4.69, 9.17) is 4.74 Å². The molecule has 1 N–H and O–H groups in total. The number of nitrogens with one attached hydrogen (secondary N) is 1. The predicted octanol–water partition coefficient (Wildman–Crippen LogP) is 5.25. The summed E-state index contributed by atoms with van der Waals surface area (Å²) in [6, 6.07) is 14.4. The molecule has 8 nitrogen and oxygen atoms in total. The molecular formula is C25H23F3N6O2. The second kappa shape index (κ2) is 10.1. The number of carbonyl (C=O) groups excluding carboxylic acids is 1. The van der Waals surface area contributed by atoms with E-state index in [9.17, 15) is 18.0 Å². The van der Waals surface area contributed by atoms with Crippen molar-refractivity contribution in [2.75, 3.05) is 30.9 Å². The monoisotopic (exact) mass is 496 g/mol. The molecule has 2 aromatic heterocycles. The summed E-state index contributed by atoms with van der Waals surface area (Å²) in [6.45, 7) is 0.0336. The first-order chi connectivity index (χ1) is 17.1. The zero-order valence-electron chi connectivity index (χ0n) is 19.7. The molecule has 2 aromatic carbocycles. The number of benzene rings is 2. The molecule has 0 aliphatic carbocycles. The van der Waals surface area contributed by atoms with Crippen LogP contribution in [0.4, 0.5) is 29.3 Å². The van der Waals surface area contributed by atoms with Gasteiger partial charge in [0.15, 0.2) is 0 Å². The lowest BCUT2D eigenvalue weighted by Gasteiger charge is -2.18. The molecule has 0 spiro atoms. The maximum absolute atomic E-state index is 12.6. The van der Waals surface area contributed by atoms with Gasteiger partial charge in [0.2, 0.25) is 5.88 Å². The van der Waals surface area contributed by atoms with E-state index >= 15 is 0 Å². The summed E-state index contributed by atoms with van der Waals surface area (Å²) in [5, 5.41) is 3.42. The molecule has 2 amide bonds. The smallest absolute Gasteiger partial charge is 0.433 e. The Morgan fingerprint density at radius 3 is 2.31 bits per heavy atom. The molecule has 0 saturated carbocycles. The molecule has 36 heavy (non-hydrogen) atoms. The van der Waals surface area contributed by atoms with Crippen LogP contribution in [0, 0.1) is 0 Å². The Hall–Kier alpha value is -4.41. The van der Waals surface area contributed by atoms with Crippen molar-refractivity contribution in [2.24, 2.45) is 0 Å². The number of fused-ring (bicyclic) bond motifs is 1. The highest BCUT2D eigenvalue weighted by Gasteiger charge is 2.32. The third-order valence-corrected chi connectivity index (χ3v) is 5.40. The molecule has 11 heteroatoms. The fraction of sp³-hybridized carbons (Fsp3) is 0.200. The molecule has 0 unspecified atom stereocenters. The Labute approximate surface area is 205 Å². The lowest BCUT2D eigenvalue weighted by Crippen LogP contribution is -2.36. The summed E-state index contributed by atoms with van der Waals surface area (Å²) in [5.41, 5.74) is 1.82. The van der Waals surface area contributed by atoms with E-state index in [1.807, 2.05) is 37.2 Å². The van der Waals surface area contributed by atoms with Crippen LogP contribution < -0.4 is 19.9 Å². The van der Waals surface area contributed by atoms with E-state index in [0.717, 1.165) is 28.9 Å². The highest BCUT2D eigenvalue weighted by molar-refractivity contribution is 5.91. The van der Waals surface area contributed by atoms with Crippen LogP contribution in [-0.4, -0.2) is 42.1 Å². The van der Waals surface area contributed by atoms with Crippen molar-refractivity contribution in [3.05, 3.63) is 78.4 Å².